The van der Waals surface area contributed by atoms with Crippen LogP contribution in [-0.2, 0) is 0 Å². The lowest BCUT2D eigenvalue weighted by Crippen LogP contribution is -2.10. The molecule has 96 valence electrons. The fraction of sp³-hybridized carbons (Fsp3) is 0.571. The summed E-state index contributed by atoms with van der Waals surface area (Å²) in [5.41, 5.74) is 4.86. The Hall–Kier alpha value is -1.38. The molecule has 0 saturated heterocycles. The molecule has 0 amide bonds. The summed E-state index contributed by atoms with van der Waals surface area (Å²) in [5.74, 6) is 0. The predicted octanol–water partition coefficient (Wildman–Crippen LogP) is 3.68. The van der Waals surface area contributed by atoms with Gasteiger partial charge in [0.05, 0.1) is 17.1 Å². The standard InChI is InChI=1S/C14H25N3/c1-5-8-17-14-12(15-6-2)9-11(4)10-13(14)16-7-3/h9-10,15-17H,5-8H2,1-4H3. The Bertz CT molecular complexity index is 320. The maximum absolute atomic E-state index is 3.50. The molecular formula is C14H25N3. The molecule has 0 fully saturated rings. The fourth-order valence-corrected chi connectivity index (χ4v) is 1.89. The highest BCUT2D eigenvalue weighted by Crippen LogP contribution is 2.32. The van der Waals surface area contributed by atoms with Crippen LogP contribution in [-0.4, -0.2) is 19.6 Å². The van der Waals surface area contributed by atoms with Gasteiger partial charge >= 0.3 is 0 Å². The van der Waals surface area contributed by atoms with Crippen LogP contribution in [0.25, 0.3) is 0 Å². The van der Waals surface area contributed by atoms with Crippen LogP contribution in [0.4, 0.5) is 17.1 Å². The number of aryl methyl sites for hydroxylation is 1. The lowest BCUT2D eigenvalue weighted by Gasteiger charge is -2.19. The normalized spacial score (nSPS) is 10.1. The maximum Gasteiger partial charge on any atom is 0.0811 e. The van der Waals surface area contributed by atoms with Gasteiger partial charge in [0, 0.05) is 19.6 Å². The summed E-state index contributed by atoms with van der Waals surface area (Å²) in [4.78, 5) is 0. The monoisotopic (exact) mass is 235 g/mol. The first-order valence-corrected chi connectivity index (χ1v) is 6.59. The van der Waals surface area contributed by atoms with E-state index in [2.05, 4.69) is 55.8 Å². The van der Waals surface area contributed by atoms with Crippen LogP contribution >= 0.6 is 0 Å². The topological polar surface area (TPSA) is 36.1 Å². The second kappa shape index (κ2) is 7.05. The molecule has 1 rings (SSSR count). The zero-order chi connectivity index (χ0) is 12.7. The van der Waals surface area contributed by atoms with Crippen molar-refractivity contribution >= 4 is 17.1 Å². The van der Waals surface area contributed by atoms with E-state index in [9.17, 15) is 0 Å². The molecule has 0 aliphatic carbocycles. The first-order chi connectivity index (χ1) is 8.22. The van der Waals surface area contributed by atoms with Gasteiger partial charge in [0.25, 0.3) is 0 Å². The summed E-state index contributed by atoms with van der Waals surface area (Å²) in [7, 11) is 0. The summed E-state index contributed by atoms with van der Waals surface area (Å²) in [6, 6.07) is 4.39. The maximum atomic E-state index is 3.50. The van der Waals surface area contributed by atoms with Crippen LogP contribution in [0.3, 0.4) is 0 Å². The second-order valence-electron chi connectivity index (χ2n) is 4.22. The van der Waals surface area contributed by atoms with Crippen LogP contribution in [0.2, 0.25) is 0 Å². The van der Waals surface area contributed by atoms with E-state index in [-0.39, 0.29) is 0 Å². The lowest BCUT2D eigenvalue weighted by atomic mass is 10.1. The van der Waals surface area contributed by atoms with Crippen LogP contribution in [0, 0.1) is 6.92 Å². The molecule has 0 atom stereocenters. The number of nitrogens with one attached hydrogen (secondary N) is 3. The number of hydrogen-bond donors (Lipinski definition) is 3. The Morgan fingerprint density at radius 2 is 1.41 bits per heavy atom. The number of rotatable bonds is 7. The quantitative estimate of drug-likeness (QED) is 0.674. The van der Waals surface area contributed by atoms with Crippen LogP contribution < -0.4 is 16.0 Å². The van der Waals surface area contributed by atoms with Crippen molar-refractivity contribution in [1.82, 2.24) is 0 Å². The van der Waals surface area contributed by atoms with Gasteiger partial charge in [-0.1, -0.05) is 6.92 Å². The largest absolute Gasteiger partial charge is 0.384 e. The van der Waals surface area contributed by atoms with Crippen molar-refractivity contribution in [1.29, 1.82) is 0 Å². The molecule has 0 radical (unpaired) electrons. The molecule has 3 nitrogen and oxygen atoms in total. The Balaban J connectivity index is 3.06. The Kier molecular flexibility index (Phi) is 5.67. The molecule has 0 spiro atoms. The third kappa shape index (κ3) is 3.84. The van der Waals surface area contributed by atoms with E-state index in [4.69, 9.17) is 0 Å². The van der Waals surface area contributed by atoms with Gasteiger partial charge < -0.3 is 16.0 Å². The average Bonchev–Trinajstić information content (AvgIpc) is 2.29. The van der Waals surface area contributed by atoms with E-state index in [1.54, 1.807) is 0 Å². The molecule has 0 bridgehead atoms. The van der Waals surface area contributed by atoms with Crippen LogP contribution in [0.1, 0.15) is 32.8 Å². The van der Waals surface area contributed by atoms with Gasteiger partial charge in [0.1, 0.15) is 0 Å². The van der Waals surface area contributed by atoms with E-state index in [0.29, 0.717) is 0 Å². The smallest absolute Gasteiger partial charge is 0.0811 e. The minimum absolute atomic E-state index is 0.940. The molecule has 3 N–H and O–H groups in total. The van der Waals surface area contributed by atoms with Crippen molar-refractivity contribution in [3.05, 3.63) is 17.7 Å². The summed E-state index contributed by atoms with van der Waals surface area (Å²) < 4.78 is 0. The van der Waals surface area contributed by atoms with Crippen molar-refractivity contribution in [3.8, 4) is 0 Å². The summed E-state index contributed by atoms with van der Waals surface area (Å²) in [6.45, 7) is 11.4. The van der Waals surface area contributed by atoms with Crippen molar-refractivity contribution in [2.45, 2.75) is 34.1 Å². The SMILES string of the molecule is CCCNc1c(NCC)cc(C)cc1NCC. The highest BCUT2D eigenvalue weighted by Gasteiger charge is 2.08. The lowest BCUT2D eigenvalue weighted by molar-refractivity contribution is 0.978. The van der Waals surface area contributed by atoms with Gasteiger partial charge in [-0.25, -0.2) is 0 Å². The zero-order valence-corrected chi connectivity index (χ0v) is 11.5. The summed E-state index contributed by atoms with van der Waals surface area (Å²) in [6.07, 6.45) is 1.13. The van der Waals surface area contributed by atoms with Gasteiger partial charge in [-0.2, -0.15) is 0 Å². The molecule has 0 saturated carbocycles. The first-order valence-electron chi connectivity index (χ1n) is 6.59. The molecule has 17 heavy (non-hydrogen) atoms. The number of benzene rings is 1. The first kappa shape index (κ1) is 13.7. The van der Waals surface area contributed by atoms with Crippen molar-refractivity contribution in [2.75, 3.05) is 35.6 Å². The van der Waals surface area contributed by atoms with E-state index in [0.717, 1.165) is 26.1 Å². The van der Waals surface area contributed by atoms with E-state index in [1.807, 2.05) is 0 Å². The number of anilines is 3. The minimum Gasteiger partial charge on any atom is -0.384 e. The van der Waals surface area contributed by atoms with Gasteiger partial charge in [0.15, 0.2) is 0 Å². The third-order valence-electron chi connectivity index (χ3n) is 2.57. The Morgan fingerprint density at radius 1 is 0.882 bits per heavy atom. The van der Waals surface area contributed by atoms with Crippen LogP contribution in [0.15, 0.2) is 12.1 Å². The van der Waals surface area contributed by atoms with Gasteiger partial charge in [-0.15, -0.1) is 0 Å². The molecule has 0 aliphatic heterocycles. The zero-order valence-electron chi connectivity index (χ0n) is 11.5. The molecule has 1 aromatic rings. The van der Waals surface area contributed by atoms with Crippen molar-refractivity contribution < 1.29 is 0 Å². The highest BCUT2D eigenvalue weighted by molar-refractivity contribution is 5.83. The van der Waals surface area contributed by atoms with E-state index in [1.165, 1.54) is 22.6 Å². The Morgan fingerprint density at radius 3 is 1.82 bits per heavy atom. The average molecular weight is 235 g/mol. The molecule has 0 aliphatic rings. The number of hydrogen-bond acceptors (Lipinski definition) is 3. The molecule has 0 aromatic heterocycles. The second-order valence-corrected chi connectivity index (χ2v) is 4.22. The molecule has 0 heterocycles. The van der Waals surface area contributed by atoms with E-state index >= 15 is 0 Å². The molecule has 1 aromatic carbocycles. The van der Waals surface area contributed by atoms with Crippen molar-refractivity contribution in [3.63, 3.8) is 0 Å². The highest BCUT2D eigenvalue weighted by atomic mass is 15.0. The molecular weight excluding hydrogens is 210 g/mol. The van der Waals surface area contributed by atoms with Gasteiger partial charge in [-0.05, 0) is 44.9 Å². The van der Waals surface area contributed by atoms with Gasteiger partial charge in [0.2, 0.25) is 0 Å². The molecule has 3 heteroatoms. The van der Waals surface area contributed by atoms with Crippen molar-refractivity contribution in [2.24, 2.45) is 0 Å². The summed E-state index contributed by atoms with van der Waals surface area (Å²) in [5, 5.41) is 10.3. The van der Waals surface area contributed by atoms with Crippen LogP contribution in [0.5, 0.6) is 0 Å². The fourth-order valence-electron chi connectivity index (χ4n) is 1.89. The minimum atomic E-state index is 0.940. The Labute approximate surface area is 105 Å². The third-order valence-corrected chi connectivity index (χ3v) is 2.57. The van der Waals surface area contributed by atoms with Gasteiger partial charge in [-0.3, -0.25) is 0 Å². The summed E-state index contributed by atoms with van der Waals surface area (Å²) >= 11 is 0. The molecule has 0 unspecified atom stereocenters. The predicted molar refractivity (Wildman–Crippen MR) is 78.3 cm³/mol. The van der Waals surface area contributed by atoms with E-state index < -0.39 is 0 Å².